The molecule has 0 saturated heterocycles. The number of hydrogen-bond donors (Lipinski definition) is 1. The van der Waals surface area contributed by atoms with Crippen LogP contribution in [0.15, 0.2) is 24.3 Å². The molecule has 0 heterocycles. The highest BCUT2D eigenvalue weighted by molar-refractivity contribution is 5.47. The van der Waals surface area contributed by atoms with Crippen molar-refractivity contribution >= 4 is 5.69 Å². The summed E-state index contributed by atoms with van der Waals surface area (Å²) in [6.07, 6.45) is -2.26. The molecule has 0 aliphatic heterocycles. The van der Waals surface area contributed by atoms with Crippen LogP contribution in [0.4, 0.5) is 18.9 Å². The molecule has 0 aromatic heterocycles. The second-order valence-corrected chi connectivity index (χ2v) is 5.02. The summed E-state index contributed by atoms with van der Waals surface area (Å²) in [4.78, 5) is 1.98. The van der Waals surface area contributed by atoms with Crippen LogP contribution in [0.3, 0.4) is 0 Å². The molecule has 5 heteroatoms. The summed E-state index contributed by atoms with van der Waals surface area (Å²) in [6.45, 7) is 0.846. The van der Waals surface area contributed by atoms with Gasteiger partial charge in [0.2, 0.25) is 0 Å². The predicted octanol–water partition coefficient (Wildman–Crippen LogP) is 2.88. The molecule has 2 nitrogen and oxygen atoms in total. The predicted molar refractivity (Wildman–Crippen MR) is 65.4 cm³/mol. The molecule has 100 valence electrons. The highest BCUT2D eigenvalue weighted by Crippen LogP contribution is 2.31. The summed E-state index contributed by atoms with van der Waals surface area (Å²) in [7, 11) is 1.90. The number of alkyl halides is 3. The van der Waals surface area contributed by atoms with E-state index in [2.05, 4.69) is 0 Å². The van der Waals surface area contributed by atoms with E-state index in [0.29, 0.717) is 12.0 Å². The van der Waals surface area contributed by atoms with Gasteiger partial charge in [-0.1, -0.05) is 0 Å². The summed E-state index contributed by atoms with van der Waals surface area (Å²) >= 11 is 0. The Morgan fingerprint density at radius 2 is 1.78 bits per heavy atom. The first-order valence-electron chi connectivity index (χ1n) is 6.00. The normalized spacial score (nSPS) is 23.6. The summed E-state index contributed by atoms with van der Waals surface area (Å²) in [5.41, 5.74) is 5.91. The minimum absolute atomic E-state index is 0.302. The van der Waals surface area contributed by atoms with Crippen molar-refractivity contribution in [3.63, 3.8) is 0 Å². The number of hydrogen-bond acceptors (Lipinski definition) is 2. The van der Waals surface area contributed by atoms with Gasteiger partial charge in [-0.2, -0.15) is 13.2 Å². The van der Waals surface area contributed by atoms with Gasteiger partial charge in [0, 0.05) is 25.3 Å². The van der Waals surface area contributed by atoms with E-state index in [1.165, 1.54) is 12.1 Å². The van der Waals surface area contributed by atoms with Gasteiger partial charge in [-0.05, 0) is 43.0 Å². The molecule has 18 heavy (non-hydrogen) atoms. The number of rotatable bonds is 3. The van der Waals surface area contributed by atoms with Crippen LogP contribution in [-0.2, 0) is 6.18 Å². The lowest BCUT2D eigenvalue weighted by atomic mass is 9.80. The fraction of sp³-hybridized carbons (Fsp3) is 0.538. The average molecular weight is 258 g/mol. The second-order valence-electron chi connectivity index (χ2n) is 5.02. The molecule has 0 amide bonds. The first kappa shape index (κ1) is 13.2. The smallest absolute Gasteiger partial charge is 0.374 e. The third-order valence-electron chi connectivity index (χ3n) is 3.44. The van der Waals surface area contributed by atoms with Gasteiger partial charge in [-0.3, -0.25) is 0 Å². The molecule has 1 aliphatic carbocycles. The van der Waals surface area contributed by atoms with E-state index < -0.39 is 11.7 Å². The van der Waals surface area contributed by atoms with Crippen LogP contribution in [0.5, 0.6) is 0 Å². The number of anilines is 1. The van der Waals surface area contributed by atoms with Gasteiger partial charge in [-0.15, -0.1) is 0 Å². The molecule has 0 bridgehead atoms. The van der Waals surface area contributed by atoms with E-state index in [1.54, 1.807) is 0 Å². The lowest BCUT2D eigenvalue weighted by Crippen LogP contribution is -2.41. The van der Waals surface area contributed by atoms with E-state index >= 15 is 0 Å². The average Bonchev–Trinajstić information content (AvgIpc) is 2.26. The fourth-order valence-corrected chi connectivity index (χ4v) is 2.33. The molecule has 0 unspecified atom stereocenters. The van der Waals surface area contributed by atoms with E-state index in [1.807, 2.05) is 11.9 Å². The van der Waals surface area contributed by atoms with Gasteiger partial charge in [0.15, 0.2) is 0 Å². The van der Waals surface area contributed by atoms with Crippen LogP contribution >= 0.6 is 0 Å². The first-order chi connectivity index (χ1) is 8.36. The maximum atomic E-state index is 12.4. The largest absolute Gasteiger partial charge is 0.416 e. The molecule has 1 aromatic carbocycles. The Bertz CT molecular complexity index is 394. The third-order valence-corrected chi connectivity index (χ3v) is 3.44. The Kier molecular flexibility index (Phi) is 3.52. The Morgan fingerprint density at radius 1 is 1.22 bits per heavy atom. The van der Waals surface area contributed by atoms with Gasteiger partial charge in [0.05, 0.1) is 5.56 Å². The van der Waals surface area contributed by atoms with Crippen LogP contribution in [0, 0.1) is 5.92 Å². The van der Waals surface area contributed by atoms with Gasteiger partial charge in [0.25, 0.3) is 0 Å². The van der Waals surface area contributed by atoms with Crippen LogP contribution < -0.4 is 10.6 Å². The number of halogens is 3. The van der Waals surface area contributed by atoms with Gasteiger partial charge < -0.3 is 10.6 Å². The van der Waals surface area contributed by atoms with Crippen molar-refractivity contribution < 1.29 is 13.2 Å². The molecule has 1 aromatic rings. The maximum Gasteiger partial charge on any atom is 0.416 e. The van der Waals surface area contributed by atoms with Crippen molar-refractivity contribution in [2.24, 2.45) is 11.7 Å². The Morgan fingerprint density at radius 3 is 2.22 bits per heavy atom. The monoisotopic (exact) mass is 258 g/mol. The van der Waals surface area contributed by atoms with E-state index in [4.69, 9.17) is 5.73 Å². The van der Waals surface area contributed by atoms with Crippen molar-refractivity contribution in [1.29, 1.82) is 0 Å². The zero-order valence-electron chi connectivity index (χ0n) is 10.2. The zero-order valence-corrected chi connectivity index (χ0v) is 10.2. The molecule has 2 N–H and O–H groups in total. The van der Waals surface area contributed by atoms with Crippen molar-refractivity contribution in [2.75, 3.05) is 18.5 Å². The van der Waals surface area contributed by atoms with Crippen LogP contribution in [0.2, 0.25) is 0 Å². The van der Waals surface area contributed by atoms with Crippen molar-refractivity contribution in [3.05, 3.63) is 29.8 Å². The summed E-state index contributed by atoms with van der Waals surface area (Å²) < 4.78 is 37.2. The van der Waals surface area contributed by atoms with Crippen molar-refractivity contribution in [1.82, 2.24) is 0 Å². The lowest BCUT2D eigenvalue weighted by molar-refractivity contribution is -0.137. The molecule has 1 saturated carbocycles. The Labute approximate surface area is 105 Å². The molecule has 0 atom stereocenters. The summed E-state index contributed by atoms with van der Waals surface area (Å²) in [5, 5.41) is 0. The summed E-state index contributed by atoms with van der Waals surface area (Å²) in [5.74, 6) is 0.562. The van der Waals surface area contributed by atoms with Crippen molar-refractivity contribution in [3.8, 4) is 0 Å². The molecule has 1 aliphatic rings. The van der Waals surface area contributed by atoms with Gasteiger partial charge in [-0.25, -0.2) is 0 Å². The molecular formula is C13H17F3N2. The minimum Gasteiger partial charge on any atom is -0.374 e. The highest BCUT2D eigenvalue weighted by Gasteiger charge is 2.30. The Balaban J connectivity index is 1.96. The third kappa shape index (κ3) is 2.96. The van der Waals surface area contributed by atoms with Crippen LogP contribution in [0.1, 0.15) is 18.4 Å². The SMILES string of the molecule is CN(CC1CC(N)C1)c1ccc(C(F)(F)F)cc1. The fourth-order valence-electron chi connectivity index (χ4n) is 2.33. The van der Waals surface area contributed by atoms with Crippen LogP contribution in [0.25, 0.3) is 0 Å². The molecular weight excluding hydrogens is 241 g/mol. The molecule has 0 spiro atoms. The summed E-state index contributed by atoms with van der Waals surface area (Å²) in [6, 6.07) is 5.58. The lowest BCUT2D eigenvalue weighted by Gasteiger charge is -2.36. The van der Waals surface area contributed by atoms with Gasteiger partial charge >= 0.3 is 6.18 Å². The quantitative estimate of drug-likeness (QED) is 0.903. The second kappa shape index (κ2) is 4.80. The number of nitrogens with zero attached hydrogens (tertiary/aromatic N) is 1. The maximum absolute atomic E-state index is 12.4. The topological polar surface area (TPSA) is 29.3 Å². The van der Waals surface area contributed by atoms with E-state index in [-0.39, 0.29) is 0 Å². The van der Waals surface area contributed by atoms with Crippen molar-refractivity contribution in [2.45, 2.75) is 25.1 Å². The molecule has 2 rings (SSSR count). The van der Waals surface area contributed by atoms with E-state index in [0.717, 1.165) is 37.2 Å². The first-order valence-corrected chi connectivity index (χ1v) is 6.00. The van der Waals surface area contributed by atoms with E-state index in [9.17, 15) is 13.2 Å². The minimum atomic E-state index is -4.27. The number of benzene rings is 1. The van der Waals surface area contributed by atoms with Gasteiger partial charge in [0.1, 0.15) is 0 Å². The molecule has 1 fully saturated rings. The number of nitrogens with two attached hydrogens (primary N) is 1. The standard InChI is InChI=1S/C13H17F3N2/c1-18(8-9-6-11(17)7-9)12-4-2-10(3-5-12)13(14,15)16/h2-5,9,11H,6-8,17H2,1H3. The molecule has 0 radical (unpaired) electrons. The van der Waals surface area contributed by atoms with Crippen LogP contribution in [-0.4, -0.2) is 19.6 Å². The Hall–Kier alpha value is -1.23. The highest BCUT2D eigenvalue weighted by atomic mass is 19.4. The zero-order chi connectivity index (χ0) is 13.3.